The SMILES string of the molecule is Cc1c(CN(C(=O)C2=C(c3ccc(CCCOc4c(F)ccc(F)c4Cl)cc3)CC3CN(C(=O)OCCCCO[N+](=O)[O-])CC2N3C(=O)OCCCCO[N+](=O)[O-])C2CC2)ccnc1OCCOC(=O)OCCCCO[N+](=O)[O-]. The van der Waals surface area contributed by atoms with E-state index in [4.69, 9.17) is 40.0 Å². The number of pyridine rings is 1. The monoisotopic (exact) mass is 1140 g/mol. The van der Waals surface area contributed by atoms with Crippen LogP contribution in [0.1, 0.15) is 86.5 Å². The third-order valence-corrected chi connectivity index (χ3v) is 13.1. The minimum atomic E-state index is -1.10. The number of aromatic nitrogens is 1. The van der Waals surface area contributed by atoms with Crippen molar-refractivity contribution < 1.29 is 86.2 Å². The number of halogens is 3. The Morgan fingerprint density at radius 1 is 0.696 bits per heavy atom. The van der Waals surface area contributed by atoms with Crippen molar-refractivity contribution in [3.63, 3.8) is 0 Å². The van der Waals surface area contributed by atoms with Gasteiger partial charge in [0.05, 0.1) is 58.3 Å². The number of fused-ring (bicyclic) bond motifs is 2. The predicted molar refractivity (Wildman–Crippen MR) is 269 cm³/mol. The van der Waals surface area contributed by atoms with E-state index in [-0.39, 0.29) is 141 Å². The number of carbonyl (C=O) groups excluding carboxylic acids is 4. The lowest BCUT2D eigenvalue weighted by atomic mass is 9.81. The third kappa shape index (κ3) is 18.3. The molecule has 2 atom stereocenters. The van der Waals surface area contributed by atoms with Crippen molar-refractivity contribution in [3.05, 3.63) is 123 Å². The minimum Gasteiger partial charge on any atom is -0.489 e. The number of benzene rings is 2. The number of hydrogen-bond acceptors (Lipinski definition) is 20. The molecule has 2 unspecified atom stereocenters. The molecule has 29 heteroatoms. The van der Waals surface area contributed by atoms with Gasteiger partial charge in [-0.3, -0.25) is 9.69 Å². The van der Waals surface area contributed by atoms with E-state index >= 15 is 4.79 Å². The average Bonchev–Trinajstić information content (AvgIpc) is 4.29. The molecule has 26 nitrogen and oxygen atoms in total. The van der Waals surface area contributed by atoms with E-state index in [9.17, 15) is 53.5 Å². The molecule has 3 aromatic rings. The van der Waals surface area contributed by atoms with Crippen LogP contribution < -0.4 is 9.47 Å². The van der Waals surface area contributed by atoms with E-state index in [0.29, 0.717) is 54.4 Å². The summed E-state index contributed by atoms with van der Waals surface area (Å²) in [6.07, 6.45) is 2.73. The number of hydrogen-bond donors (Lipinski definition) is 0. The number of ether oxygens (including phenoxy) is 6. The Labute approximate surface area is 456 Å². The lowest BCUT2D eigenvalue weighted by Crippen LogP contribution is -2.65. The van der Waals surface area contributed by atoms with Gasteiger partial charge in [0.2, 0.25) is 5.88 Å². The summed E-state index contributed by atoms with van der Waals surface area (Å²) >= 11 is 5.94. The predicted octanol–water partition coefficient (Wildman–Crippen LogP) is 7.81. The number of nitrogens with zero attached hydrogens (tertiary/aromatic N) is 7. The highest BCUT2D eigenvalue weighted by molar-refractivity contribution is 6.32. The van der Waals surface area contributed by atoms with Crippen LogP contribution in [-0.4, -0.2) is 150 Å². The molecule has 79 heavy (non-hydrogen) atoms. The average molecular weight is 1140 g/mol. The minimum absolute atomic E-state index is 0.0190. The maximum atomic E-state index is 15.7. The van der Waals surface area contributed by atoms with Crippen LogP contribution in [0.3, 0.4) is 0 Å². The number of piperazine rings is 1. The van der Waals surface area contributed by atoms with E-state index in [0.717, 1.165) is 17.7 Å². The molecule has 1 saturated carbocycles. The van der Waals surface area contributed by atoms with E-state index in [1.165, 1.54) is 16.0 Å². The summed E-state index contributed by atoms with van der Waals surface area (Å²) in [5.74, 6) is -2.24. The summed E-state index contributed by atoms with van der Waals surface area (Å²) in [6.45, 7) is 0.427. The molecule has 3 aliphatic rings. The van der Waals surface area contributed by atoms with Crippen molar-refractivity contribution in [1.82, 2.24) is 19.7 Å². The first-order valence-corrected chi connectivity index (χ1v) is 25.8. The molecule has 2 aliphatic heterocycles. The Hall–Kier alpha value is -8.04. The van der Waals surface area contributed by atoms with Crippen LogP contribution in [0.4, 0.5) is 23.2 Å². The van der Waals surface area contributed by atoms with Gasteiger partial charge in [0.1, 0.15) is 24.1 Å². The van der Waals surface area contributed by atoms with Gasteiger partial charge in [0.25, 0.3) is 21.2 Å². The molecule has 0 spiro atoms. The standard InChI is InChI=1S/C50H60ClF2N7O19/c1-33-36(18-19-54-46(33)72-27-28-76-50(64)75-22-4-7-26-79-60(69)70)30-56(37-14-15-37)47(61)43-39(35-12-10-34(11-13-35)9-8-23-71-45-41(53)17-16-40(52)44(45)51)29-38-31-55(48(62)73-20-2-5-24-77-58(65)66)32-42(43)57(38)49(63)74-21-3-6-25-78-59(67)68/h10-13,16-19,37-38,42H,2-9,14-15,20-32H2,1H3. The van der Waals surface area contributed by atoms with Gasteiger partial charge in [-0.05, 0) is 118 Å². The highest BCUT2D eigenvalue weighted by atomic mass is 35.5. The van der Waals surface area contributed by atoms with Crippen LogP contribution in [-0.2, 0) is 51.2 Å². The van der Waals surface area contributed by atoms with Crippen molar-refractivity contribution in [1.29, 1.82) is 0 Å². The van der Waals surface area contributed by atoms with E-state index < -0.39 is 68.2 Å². The van der Waals surface area contributed by atoms with Gasteiger partial charge in [0, 0.05) is 43.0 Å². The Bertz CT molecular complexity index is 2650. The summed E-state index contributed by atoms with van der Waals surface area (Å²) < 4.78 is 61.1. The van der Waals surface area contributed by atoms with Gasteiger partial charge in [-0.15, -0.1) is 30.3 Å². The maximum Gasteiger partial charge on any atom is 0.508 e. The zero-order valence-electron chi connectivity index (χ0n) is 43.1. The number of rotatable bonds is 32. The van der Waals surface area contributed by atoms with E-state index in [2.05, 4.69) is 19.5 Å². The molecule has 3 amide bonds. The summed E-state index contributed by atoms with van der Waals surface area (Å²) in [6, 6.07) is 8.87. The molecular formula is C50H60ClF2N7O19. The number of unbranched alkanes of at least 4 members (excludes halogenated alkanes) is 3. The fourth-order valence-corrected chi connectivity index (χ4v) is 8.99. The summed E-state index contributed by atoms with van der Waals surface area (Å²) in [7, 11) is 0. The molecule has 2 bridgehead atoms. The fourth-order valence-electron chi connectivity index (χ4n) is 8.78. The quantitative estimate of drug-likeness (QED) is 0.0144. The molecule has 1 aromatic heterocycles. The molecule has 6 rings (SSSR count). The molecule has 0 radical (unpaired) electrons. The first-order chi connectivity index (χ1) is 38.0. The normalized spacial score (nSPS) is 15.6. The molecule has 0 N–H and O–H groups in total. The van der Waals surface area contributed by atoms with Gasteiger partial charge in [-0.1, -0.05) is 35.9 Å². The maximum absolute atomic E-state index is 15.7. The second-order valence-corrected chi connectivity index (χ2v) is 18.7. The molecule has 430 valence electrons. The fraction of sp³-hybridized carbons (Fsp3) is 0.540. The van der Waals surface area contributed by atoms with Crippen LogP contribution in [0.2, 0.25) is 5.02 Å². The zero-order chi connectivity index (χ0) is 56.8. The molecule has 1 saturated heterocycles. The van der Waals surface area contributed by atoms with Gasteiger partial charge in [-0.25, -0.2) is 28.1 Å². The molecule has 1 aliphatic carbocycles. The van der Waals surface area contributed by atoms with Gasteiger partial charge in [-0.2, -0.15) is 0 Å². The van der Waals surface area contributed by atoms with Crippen molar-refractivity contribution in [3.8, 4) is 11.6 Å². The molecular weight excluding hydrogens is 1080 g/mol. The summed E-state index contributed by atoms with van der Waals surface area (Å²) in [5.41, 5.74) is 3.55. The van der Waals surface area contributed by atoms with Gasteiger partial charge in [0.15, 0.2) is 11.6 Å². The van der Waals surface area contributed by atoms with Gasteiger partial charge < -0.3 is 52.7 Å². The highest BCUT2D eigenvalue weighted by Crippen LogP contribution is 2.42. The lowest BCUT2D eigenvalue weighted by Gasteiger charge is -2.50. The van der Waals surface area contributed by atoms with Crippen LogP contribution in [0.25, 0.3) is 5.57 Å². The summed E-state index contributed by atoms with van der Waals surface area (Å²) in [5, 5.41) is 28.4. The van der Waals surface area contributed by atoms with Crippen LogP contribution >= 0.6 is 11.6 Å². The van der Waals surface area contributed by atoms with Crippen molar-refractivity contribution >= 4 is 41.4 Å². The second kappa shape index (κ2) is 30.2. The van der Waals surface area contributed by atoms with Crippen LogP contribution in [0.15, 0.2) is 54.2 Å². The van der Waals surface area contributed by atoms with Gasteiger partial charge >= 0.3 is 18.3 Å². The van der Waals surface area contributed by atoms with E-state index in [1.54, 1.807) is 17.9 Å². The smallest absolute Gasteiger partial charge is 0.489 e. The third-order valence-electron chi connectivity index (χ3n) is 12.8. The second-order valence-electron chi connectivity index (χ2n) is 18.3. The first kappa shape index (κ1) is 60.2. The highest BCUT2D eigenvalue weighted by Gasteiger charge is 2.50. The lowest BCUT2D eigenvalue weighted by molar-refractivity contribution is -0.757. The summed E-state index contributed by atoms with van der Waals surface area (Å²) in [4.78, 5) is 109. The largest absolute Gasteiger partial charge is 0.508 e. The molecule has 2 aromatic carbocycles. The van der Waals surface area contributed by atoms with Crippen LogP contribution in [0.5, 0.6) is 11.6 Å². The molecule has 2 fully saturated rings. The number of aryl methyl sites for hydroxylation is 1. The van der Waals surface area contributed by atoms with Crippen molar-refractivity contribution in [2.45, 2.75) is 102 Å². The molecule has 3 heterocycles. The van der Waals surface area contributed by atoms with Crippen LogP contribution in [0, 0.1) is 48.9 Å². The van der Waals surface area contributed by atoms with Crippen molar-refractivity contribution in [2.24, 2.45) is 0 Å². The Morgan fingerprint density at radius 2 is 1.28 bits per heavy atom. The van der Waals surface area contributed by atoms with E-state index in [1.807, 2.05) is 24.3 Å². The topological polar surface area (TPSA) is 303 Å². The Balaban J connectivity index is 1.25. The zero-order valence-corrected chi connectivity index (χ0v) is 43.9. The number of amides is 3. The Kier molecular flexibility index (Phi) is 23.0. The number of carbonyl (C=O) groups is 4. The Morgan fingerprint density at radius 3 is 1.90 bits per heavy atom. The first-order valence-electron chi connectivity index (χ1n) is 25.5. The van der Waals surface area contributed by atoms with Crippen molar-refractivity contribution in [2.75, 3.05) is 72.6 Å².